The van der Waals surface area contributed by atoms with Crippen molar-refractivity contribution in [3.63, 3.8) is 0 Å². The van der Waals surface area contributed by atoms with Crippen molar-refractivity contribution in [3.8, 4) is 5.75 Å². The molecule has 17 nitrogen and oxygen atoms in total. The van der Waals surface area contributed by atoms with Gasteiger partial charge in [-0.2, -0.15) is 0 Å². The number of nitro benzene ring substituents is 1. The number of non-ortho nitro benzene ring substituents is 1. The van der Waals surface area contributed by atoms with Crippen LogP contribution >= 0.6 is 7.82 Å². The molecule has 2 heterocycles. The molecule has 1 aromatic rings. The Balaban J connectivity index is 1.62. The summed E-state index contributed by atoms with van der Waals surface area (Å²) in [5.74, 6) is -0.00770. The van der Waals surface area contributed by atoms with E-state index < -0.39 is 87.4 Å². The number of hydrogen-bond donors (Lipinski definition) is 8. The average molecular weight is 543 g/mol. The van der Waals surface area contributed by atoms with Crippen molar-refractivity contribution >= 4 is 13.5 Å². The number of benzene rings is 1. The highest BCUT2D eigenvalue weighted by Gasteiger charge is 2.48. The number of nitro groups is 1. The Bertz CT molecular complexity index is 932. The van der Waals surface area contributed by atoms with Crippen molar-refractivity contribution in [3.05, 3.63) is 34.4 Å². The molecule has 2 aliphatic heterocycles. The third kappa shape index (κ3) is 6.53. The van der Waals surface area contributed by atoms with Gasteiger partial charge in [-0.1, -0.05) is 0 Å². The second-order valence-electron chi connectivity index (χ2n) is 7.95. The van der Waals surface area contributed by atoms with Crippen LogP contribution in [0.15, 0.2) is 24.3 Å². The zero-order valence-corrected chi connectivity index (χ0v) is 19.1. The summed E-state index contributed by atoms with van der Waals surface area (Å²) in [6, 6.07) is 4.59. The van der Waals surface area contributed by atoms with E-state index in [2.05, 4.69) is 4.52 Å². The summed E-state index contributed by atoms with van der Waals surface area (Å²) < 4.78 is 37.4. The first-order valence-electron chi connectivity index (χ1n) is 10.4. The zero-order chi connectivity index (χ0) is 26.8. The van der Waals surface area contributed by atoms with Crippen molar-refractivity contribution in [1.29, 1.82) is 0 Å². The summed E-state index contributed by atoms with van der Waals surface area (Å²) in [4.78, 5) is 20.1. The first-order valence-corrected chi connectivity index (χ1v) is 11.9. The molecule has 3 rings (SSSR count). The molecule has 0 radical (unpaired) electrons. The van der Waals surface area contributed by atoms with Crippen LogP contribution < -0.4 is 4.74 Å². The third-order valence-electron chi connectivity index (χ3n) is 5.46. The van der Waals surface area contributed by atoms with E-state index in [1.807, 2.05) is 0 Å². The highest BCUT2D eigenvalue weighted by molar-refractivity contribution is 7.47. The second-order valence-corrected chi connectivity index (χ2v) is 9.36. The van der Waals surface area contributed by atoms with E-state index in [0.29, 0.717) is 0 Å². The van der Waals surface area contributed by atoms with Crippen LogP contribution in [0, 0.1) is 10.1 Å². The number of phosphoric acid groups is 1. The van der Waals surface area contributed by atoms with Gasteiger partial charge < -0.3 is 54.8 Å². The van der Waals surface area contributed by atoms with Crippen LogP contribution in [0.25, 0.3) is 0 Å². The predicted octanol–water partition coefficient (Wildman–Crippen LogP) is -3.29. The Labute approximate surface area is 202 Å². The Morgan fingerprint density at radius 1 is 0.861 bits per heavy atom. The van der Waals surface area contributed by atoms with Crippen LogP contribution in [0.1, 0.15) is 0 Å². The molecule has 18 heteroatoms. The van der Waals surface area contributed by atoms with E-state index in [4.69, 9.17) is 18.7 Å². The topological polar surface area (TPSA) is 268 Å². The largest absolute Gasteiger partial charge is 0.474 e. The van der Waals surface area contributed by atoms with Crippen molar-refractivity contribution < 1.29 is 73.4 Å². The summed E-state index contributed by atoms with van der Waals surface area (Å²) in [6.07, 6.45) is -17.7. The molecule has 2 fully saturated rings. The lowest BCUT2D eigenvalue weighted by Crippen LogP contribution is -2.60. The minimum absolute atomic E-state index is 0.00770. The van der Waals surface area contributed by atoms with Crippen molar-refractivity contribution in [2.75, 3.05) is 13.2 Å². The quantitative estimate of drug-likeness (QED) is 0.0861. The van der Waals surface area contributed by atoms with Gasteiger partial charge in [0.2, 0.25) is 6.29 Å². The number of ether oxygens (including phenoxy) is 3. The van der Waals surface area contributed by atoms with E-state index in [1.165, 1.54) is 12.1 Å². The van der Waals surface area contributed by atoms with E-state index in [1.54, 1.807) is 0 Å². The minimum atomic E-state index is -5.11. The van der Waals surface area contributed by atoms with Crippen LogP contribution in [0.2, 0.25) is 0 Å². The molecule has 1 aromatic carbocycles. The SMILES string of the molecule is O=[N+]([O-])c1ccc(OC2OC(COP(=O)(O)OC3OC(CO)C(O)C(O)C3O)C(O)C(O)C2O)cc1. The molecule has 0 aromatic heterocycles. The van der Waals surface area contributed by atoms with E-state index in [9.17, 15) is 55.3 Å². The zero-order valence-electron chi connectivity index (χ0n) is 18.2. The monoisotopic (exact) mass is 543 g/mol. The Morgan fingerprint density at radius 2 is 1.39 bits per heavy atom. The van der Waals surface area contributed by atoms with Gasteiger partial charge in [0.15, 0.2) is 6.29 Å². The number of hydrogen-bond acceptors (Lipinski definition) is 15. The molecule has 0 amide bonds. The van der Waals surface area contributed by atoms with Gasteiger partial charge in [0.1, 0.15) is 54.6 Å². The predicted molar refractivity (Wildman–Crippen MR) is 111 cm³/mol. The van der Waals surface area contributed by atoms with Gasteiger partial charge in [0, 0.05) is 12.1 Å². The van der Waals surface area contributed by atoms with Gasteiger partial charge >= 0.3 is 7.82 Å². The van der Waals surface area contributed by atoms with Crippen LogP contribution in [-0.4, -0.2) is 120 Å². The smallest absolute Gasteiger partial charge is 0.462 e. The normalized spacial score (nSPS) is 38.8. The molecule has 8 N–H and O–H groups in total. The van der Waals surface area contributed by atoms with Gasteiger partial charge in [-0.15, -0.1) is 0 Å². The highest BCUT2D eigenvalue weighted by Crippen LogP contribution is 2.47. The molecule has 0 bridgehead atoms. The lowest BCUT2D eigenvalue weighted by molar-refractivity contribution is -0.384. The first-order chi connectivity index (χ1) is 16.8. The Morgan fingerprint density at radius 3 is 1.94 bits per heavy atom. The van der Waals surface area contributed by atoms with Gasteiger partial charge in [-0.3, -0.25) is 19.2 Å². The fraction of sp³-hybridized carbons (Fsp3) is 0.667. The number of aliphatic hydroxyl groups excluding tert-OH is 7. The lowest BCUT2D eigenvalue weighted by Gasteiger charge is -2.41. The number of rotatable bonds is 9. The van der Waals surface area contributed by atoms with Gasteiger partial charge in [0.25, 0.3) is 5.69 Å². The molecule has 0 aliphatic carbocycles. The standard InChI is InChI=1S/C18H26NO16P/c20-5-9-11(21)13(23)16(26)18(33-9)35-36(29,30)31-6-10-12(22)14(24)15(25)17(34-10)32-8-3-1-7(2-4-8)19(27)28/h1-4,9-18,20-26H,5-6H2,(H,29,30). The molecule has 0 spiro atoms. The van der Waals surface area contributed by atoms with E-state index in [-0.39, 0.29) is 11.4 Å². The van der Waals surface area contributed by atoms with E-state index >= 15 is 0 Å². The maximum Gasteiger partial charge on any atom is 0.474 e. The summed E-state index contributed by atoms with van der Waals surface area (Å²) in [7, 11) is -5.11. The summed E-state index contributed by atoms with van der Waals surface area (Å²) in [5.41, 5.74) is -0.243. The maximum atomic E-state index is 12.3. The molecule has 2 saturated heterocycles. The molecular weight excluding hydrogens is 517 g/mol. The van der Waals surface area contributed by atoms with Gasteiger partial charge in [-0.05, 0) is 12.1 Å². The first kappa shape index (κ1) is 28.7. The Kier molecular flexibility index (Phi) is 9.34. The number of aliphatic hydroxyl groups is 7. The average Bonchev–Trinajstić information content (AvgIpc) is 2.84. The van der Waals surface area contributed by atoms with Crippen LogP contribution in [0.4, 0.5) is 5.69 Å². The molecule has 2 aliphatic rings. The van der Waals surface area contributed by atoms with Crippen LogP contribution in [0.5, 0.6) is 5.75 Å². The maximum absolute atomic E-state index is 12.3. The van der Waals surface area contributed by atoms with E-state index in [0.717, 1.165) is 12.1 Å². The summed E-state index contributed by atoms with van der Waals surface area (Å²) in [5, 5.41) is 79.8. The third-order valence-corrected chi connectivity index (χ3v) is 6.41. The molecular formula is C18H26NO16P. The fourth-order valence-electron chi connectivity index (χ4n) is 3.42. The molecule has 0 saturated carbocycles. The highest BCUT2D eigenvalue weighted by atomic mass is 31.2. The molecule has 11 unspecified atom stereocenters. The van der Waals surface area contributed by atoms with Crippen molar-refractivity contribution in [2.45, 2.75) is 61.4 Å². The molecule has 204 valence electrons. The van der Waals surface area contributed by atoms with Crippen LogP contribution in [0.3, 0.4) is 0 Å². The number of nitrogens with zero attached hydrogens (tertiary/aromatic N) is 1. The minimum Gasteiger partial charge on any atom is -0.462 e. The molecule has 11 atom stereocenters. The lowest BCUT2D eigenvalue weighted by atomic mass is 9.99. The second kappa shape index (κ2) is 11.7. The van der Waals surface area contributed by atoms with Gasteiger partial charge in [0.05, 0.1) is 18.1 Å². The number of phosphoric ester groups is 1. The molecule has 36 heavy (non-hydrogen) atoms. The summed E-state index contributed by atoms with van der Waals surface area (Å²) >= 11 is 0. The van der Waals surface area contributed by atoms with Crippen molar-refractivity contribution in [1.82, 2.24) is 0 Å². The fourth-order valence-corrected chi connectivity index (χ4v) is 4.25. The van der Waals surface area contributed by atoms with Crippen molar-refractivity contribution in [2.24, 2.45) is 0 Å². The van der Waals surface area contributed by atoms with Crippen LogP contribution in [-0.2, 0) is 23.1 Å². The Hall–Kier alpha value is -1.83. The van der Waals surface area contributed by atoms with Gasteiger partial charge in [-0.25, -0.2) is 4.57 Å². The summed E-state index contributed by atoms with van der Waals surface area (Å²) in [6.45, 7) is -1.74.